The molecule has 2 N–H and O–H groups in total. The van der Waals surface area contributed by atoms with E-state index < -0.39 is 53.3 Å². The van der Waals surface area contributed by atoms with Gasteiger partial charge in [0.1, 0.15) is 17.9 Å². The molecule has 3 amide bonds. The van der Waals surface area contributed by atoms with Gasteiger partial charge in [0.05, 0.1) is 17.9 Å². The quantitative estimate of drug-likeness (QED) is 0.455. The number of hydrogen-bond donors (Lipinski definition) is 2. The summed E-state index contributed by atoms with van der Waals surface area (Å²) in [5.74, 6) is -0.704. The van der Waals surface area contributed by atoms with Gasteiger partial charge in [0.25, 0.3) is 5.91 Å². The van der Waals surface area contributed by atoms with E-state index >= 15 is 0 Å². The number of carbonyl (C=O) groups excluding carboxylic acids is 3. The van der Waals surface area contributed by atoms with Crippen LogP contribution in [0.4, 0.5) is 23.2 Å². The fourth-order valence-electron chi connectivity index (χ4n) is 4.79. The van der Waals surface area contributed by atoms with E-state index in [4.69, 9.17) is 11.5 Å². The number of rotatable bonds is 6. The Morgan fingerprint density at radius 3 is 2.41 bits per heavy atom. The second-order valence-electron chi connectivity index (χ2n) is 9.03. The molecule has 0 atom stereocenters. The Balaban J connectivity index is 1.65. The first-order valence-corrected chi connectivity index (χ1v) is 11.4. The number of aliphatic hydroxyl groups excluding tert-OH is 1. The van der Waals surface area contributed by atoms with Crippen molar-refractivity contribution in [2.45, 2.75) is 31.1 Å². The van der Waals surface area contributed by atoms with E-state index in [0.29, 0.717) is 5.56 Å². The molecule has 1 saturated heterocycles. The van der Waals surface area contributed by atoms with Gasteiger partial charge >= 0.3 is 6.18 Å². The highest BCUT2D eigenvalue weighted by molar-refractivity contribution is 6.10. The average Bonchev–Trinajstić information content (AvgIpc) is 2.83. The smallest absolute Gasteiger partial charge is 0.395 e. The first kappa shape index (κ1) is 26.2. The minimum Gasteiger partial charge on any atom is -0.395 e. The largest absolute Gasteiger partial charge is 0.416 e. The standard InChI is InChI=1S/C26H23F4N3O4/c1-2-16-5-8-21(20(27)11-16)32-15-22(35)33(14-17-3-6-19(7-4-17)26(28,29)30)25(24(32)37)12-18(13-25)23(36)31-9-10-34/h1,3-8,11,18,34H,9-10,12-15H2,(H,31,36). The molecule has 0 unspecified atom stereocenters. The third-order valence-corrected chi connectivity index (χ3v) is 6.73. The van der Waals surface area contributed by atoms with Gasteiger partial charge in [-0.3, -0.25) is 19.3 Å². The molecule has 2 aliphatic rings. The number of aliphatic hydroxyl groups is 1. The molecule has 0 aromatic heterocycles. The highest BCUT2D eigenvalue weighted by Crippen LogP contribution is 2.47. The zero-order chi connectivity index (χ0) is 27.0. The van der Waals surface area contributed by atoms with E-state index in [1.165, 1.54) is 29.2 Å². The second kappa shape index (κ2) is 9.86. The van der Waals surface area contributed by atoms with Crippen LogP contribution in [0.25, 0.3) is 0 Å². The average molecular weight is 517 g/mol. The lowest BCUT2D eigenvalue weighted by Gasteiger charge is -2.56. The molecule has 2 aromatic rings. The molecule has 1 spiro atoms. The minimum absolute atomic E-state index is 0.0172. The number of hydrogen-bond acceptors (Lipinski definition) is 4. The molecule has 37 heavy (non-hydrogen) atoms. The van der Waals surface area contributed by atoms with E-state index in [2.05, 4.69) is 11.2 Å². The predicted octanol–water partition coefficient (Wildman–Crippen LogP) is 2.46. The van der Waals surface area contributed by atoms with Crippen molar-refractivity contribution in [1.82, 2.24) is 10.2 Å². The van der Waals surface area contributed by atoms with Crippen molar-refractivity contribution in [3.05, 3.63) is 65.0 Å². The van der Waals surface area contributed by atoms with E-state index in [0.717, 1.165) is 23.1 Å². The summed E-state index contributed by atoms with van der Waals surface area (Å²) in [6.45, 7) is -0.917. The summed E-state index contributed by atoms with van der Waals surface area (Å²) in [6.07, 6.45) is 0.652. The normalized spacial score (nSPS) is 21.6. The summed E-state index contributed by atoms with van der Waals surface area (Å²) in [5.41, 5.74) is -1.87. The number of amides is 3. The number of carbonyl (C=O) groups is 3. The molecule has 7 nitrogen and oxygen atoms in total. The van der Waals surface area contributed by atoms with Crippen molar-refractivity contribution in [2.75, 3.05) is 24.6 Å². The zero-order valence-corrected chi connectivity index (χ0v) is 19.5. The van der Waals surface area contributed by atoms with E-state index in [-0.39, 0.29) is 43.8 Å². The van der Waals surface area contributed by atoms with Crippen LogP contribution in [0.1, 0.15) is 29.5 Å². The molecule has 1 heterocycles. The van der Waals surface area contributed by atoms with Crippen molar-refractivity contribution >= 4 is 23.4 Å². The lowest BCUT2D eigenvalue weighted by Crippen LogP contribution is -2.73. The van der Waals surface area contributed by atoms with Crippen molar-refractivity contribution in [2.24, 2.45) is 5.92 Å². The lowest BCUT2D eigenvalue weighted by molar-refractivity contribution is -0.165. The minimum atomic E-state index is -4.53. The second-order valence-corrected chi connectivity index (χ2v) is 9.03. The Labute approximate surface area is 210 Å². The maximum Gasteiger partial charge on any atom is 0.416 e. The first-order chi connectivity index (χ1) is 17.5. The number of piperazine rings is 1. The van der Waals surface area contributed by atoms with Crippen LogP contribution in [0.5, 0.6) is 0 Å². The Morgan fingerprint density at radius 1 is 1.16 bits per heavy atom. The predicted molar refractivity (Wildman–Crippen MR) is 124 cm³/mol. The van der Waals surface area contributed by atoms with Gasteiger partial charge in [-0.15, -0.1) is 6.42 Å². The molecule has 2 fully saturated rings. The van der Waals surface area contributed by atoms with Gasteiger partial charge < -0.3 is 15.3 Å². The number of halogens is 4. The van der Waals surface area contributed by atoms with Gasteiger partial charge in [0, 0.05) is 24.6 Å². The SMILES string of the molecule is C#Cc1ccc(N2CC(=O)N(Cc3ccc(C(F)(F)F)cc3)C3(CC(C(=O)NCCO)C3)C2=O)c(F)c1. The molecular formula is C26H23F4N3O4. The number of nitrogens with zero attached hydrogens (tertiary/aromatic N) is 2. The third kappa shape index (κ3) is 4.89. The van der Waals surface area contributed by atoms with Gasteiger partial charge in [-0.25, -0.2) is 4.39 Å². The van der Waals surface area contributed by atoms with E-state index in [1.807, 2.05) is 0 Å². The van der Waals surface area contributed by atoms with Gasteiger partial charge in [-0.05, 0) is 48.7 Å². The van der Waals surface area contributed by atoms with Crippen LogP contribution < -0.4 is 10.2 Å². The molecule has 1 aliphatic carbocycles. The molecule has 1 saturated carbocycles. The fraction of sp³-hybridized carbons (Fsp3) is 0.346. The third-order valence-electron chi connectivity index (χ3n) is 6.73. The Morgan fingerprint density at radius 2 is 1.84 bits per heavy atom. The van der Waals surface area contributed by atoms with Crippen LogP contribution >= 0.6 is 0 Å². The maximum atomic E-state index is 14.8. The van der Waals surface area contributed by atoms with E-state index in [1.54, 1.807) is 0 Å². The van der Waals surface area contributed by atoms with Crippen LogP contribution in [0, 0.1) is 24.1 Å². The Hall–Kier alpha value is -3.91. The molecule has 194 valence electrons. The van der Waals surface area contributed by atoms with Crippen molar-refractivity contribution in [3.8, 4) is 12.3 Å². The molecule has 0 bridgehead atoms. The van der Waals surface area contributed by atoms with Gasteiger partial charge in [-0.2, -0.15) is 13.2 Å². The number of benzene rings is 2. The van der Waals surface area contributed by atoms with Gasteiger partial charge in [-0.1, -0.05) is 18.1 Å². The molecule has 2 aromatic carbocycles. The number of alkyl halides is 3. The summed E-state index contributed by atoms with van der Waals surface area (Å²) in [4.78, 5) is 41.8. The highest BCUT2D eigenvalue weighted by atomic mass is 19.4. The van der Waals surface area contributed by atoms with Crippen LogP contribution in [0.15, 0.2) is 42.5 Å². The molecular weight excluding hydrogens is 494 g/mol. The van der Waals surface area contributed by atoms with Crippen molar-refractivity contribution in [3.63, 3.8) is 0 Å². The zero-order valence-electron chi connectivity index (χ0n) is 19.5. The van der Waals surface area contributed by atoms with Crippen LogP contribution in [-0.2, 0) is 27.1 Å². The maximum absolute atomic E-state index is 14.8. The summed E-state index contributed by atoms with van der Waals surface area (Å²) in [5, 5.41) is 11.5. The summed E-state index contributed by atoms with van der Waals surface area (Å²) >= 11 is 0. The summed E-state index contributed by atoms with van der Waals surface area (Å²) < 4.78 is 53.7. The van der Waals surface area contributed by atoms with Crippen LogP contribution in [0.2, 0.25) is 0 Å². The molecule has 4 rings (SSSR count). The first-order valence-electron chi connectivity index (χ1n) is 11.4. The highest BCUT2D eigenvalue weighted by Gasteiger charge is 2.61. The van der Waals surface area contributed by atoms with Crippen molar-refractivity contribution in [1.29, 1.82) is 0 Å². The summed E-state index contributed by atoms with van der Waals surface area (Å²) in [6, 6.07) is 8.03. The Kier molecular flexibility index (Phi) is 6.97. The van der Waals surface area contributed by atoms with Gasteiger partial charge in [0.2, 0.25) is 11.8 Å². The number of anilines is 1. The summed E-state index contributed by atoms with van der Waals surface area (Å²) in [7, 11) is 0. The lowest BCUT2D eigenvalue weighted by atomic mass is 9.64. The number of terminal acetylenes is 1. The molecule has 1 aliphatic heterocycles. The molecule has 0 radical (unpaired) electrons. The van der Waals surface area contributed by atoms with E-state index in [9.17, 15) is 31.9 Å². The van der Waals surface area contributed by atoms with Gasteiger partial charge in [0.15, 0.2) is 0 Å². The monoisotopic (exact) mass is 517 g/mol. The van der Waals surface area contributed by atoms with Crippen molar-refractivity contribution < 1.29 is 37.1 Å². The van der Waals surface area contributed by atoms with Crippen LogP contribution in [0.3, 0.4) is 0 Å². The Bertz CT molecular complexity index is 1260. The number of nitrogens with one attached hydrogen (secondary N) is 1. The van der Waals surface area contributed by atoms with Crippen LogP contribution in [-0.4, -0.2) is 53.0 Å². The molecule has 11 heteroatoms. The fourth-order valence-corrected chi connectivity index (χ4v) is 4.79. The topological polar surface area (TPSA) is 90.0 Å².